The third-order valence-corrected chi connectivity index (χ3v) is 11.1. The minimum Gasteiger partial charge on any atom is -0.493 e. The summed E-state index contributed by atoms with van der Waals surface area (Å²) in [5.41, 5.74) is -4.00. The summed E-state index contributed by atoms with van der Waals surface area (Å²) < 4.78 is 95.6. The molecule has 2 amide bonds. The van der Waals surface area contributed by atoms with Crippen LogP contribution in [-0.4, -0.2) is 75.6 Å². The number of halogens is 6. The number of piperidine rings is 2. The van der Waals surface area contributed by atoms with Crippen molar-refractivity contribution in [1.29, 1.82) is 5.26 Å². The van der Waals surface area contributed by atoms with E-state index in [1.807, 2.05) is 0 Å². The third kappa shape index (κ3) is 8.69. The molecule has 0 unspecified atom stereocenters. The molecule has 5 rings (SSSR count). The first-order valence-electron chi connectivity index (χ1n) is 17.8. The van der Waals surface area contributed by atoms with E-state index in [1.54, 1.807) is 32.0 Å². The predicted octanol–water partition coefficient (Wildman–Crippen LogP) is 8.04. The van der Waals surface area contributed by atoms with Gasteiger partial charge in [-0.15, -0.1) is 11.3 Å². The lowest BCUT2D eigenvalue weighted by Gasteiger charge is -2.51. The van der Waals surface area contributed by atoms with E-state index < -0.39 is 63.3 Å². The number of thiophene rings is 1. The number of ether oxygens (including phenoxy) is 2. The fourth-order valence-corrected chi connectivity index (χ4v) is 8.17. The van der Waals surface area contributed by atoms with Crippen molar-refractivity contribution in [3.63, 3.8) is 0 Å². The zero-order valence-electron chi connectivity index (χ0n) is 30.1. The molecule has 17 heteroatoms. The average molecular weight is 795 g/mol. The maximum absolute atomic E-state index is 15.0. The molecule has 0 saturated carbocycles. The van der Waals surface area contributed by atoms with Gasteiger partial charge in [-0.25, -0.2) is 0 Å². The van der Waals surface area contributed by atoms with E-state index in [0.717, 1.165) is 40.2 Å². The van der Waals surface area contributed by atoms with Crippen LogP contribution in [0, 0.1) is 18.3 Å². The maximum Gasteiger partial charge on any atom is 0.425 e. The summed E-state index contributed by atoms with van der Waals surface area (Å²) in [4.78, 5) is 45.4. The van der Waals surface area contributed by atoms with E-state index in [2.05, 4.69) is 11.1 Å². The molecule has 2 aromatic heterocycles. The second-order valence-corrected chi connectivity index (χ2v) is 14.6. The number of alkyl halides is 6. The second-order valence-electron chi connectivity index (χ2n) is 13.7. The number of carboxylic acids is 1. The van der Waals surface area contributed by atoms with E-state index in [1.165, 1.54) is 4.90 Å². The van der Waals surface area contributed by atoms with E-state index in [-0.39, 0.29) is 76.9 Å². The number of nitriles is 1. The minimum absolute atomic E-state index is 0.00735. The molecule has 4 heterocycles. The molecule has 2 aliphatic heterocycles. The van der Waals surface area contributed by atoms with Gasteiger partial charge in [-0.2, -0.15) is 31.6 Å². The number of hydrogen-bond acceptors (Lipinski definition) is 8. The molecule has 2 fully saturated rings. The normalized spacial score (nSPS) is 20.1. The van der Waals surface area contributed by atoms with Gasteiger partial charge in [-0.1, -0.05) is 31.5 Å². The molecule has 296 valence electrons. The van der Waals surface area contributed by atoms with Crippen LogP contribution in [0.1, 0.15) is 90.3 Å². The van der Waals surface area contributed by atoms with Crippen molar-refractivity contribution in [2.45, 2.75) is 94.6 Å². The van der Waals surface area contributed by atoms with Crippen LogP contribution in [0.3, 0.4) is 0 Å². The summed E-state index contributed by atoms with van der Waals surface area (Å²) in [6.07, 6.45) is -7.83. The first-order valence-corrected chi connectivity index (χ1v) is 18.7. The van der Waals surface area contributed by atoms with Crippen LogP contribution in [0.2, 0.25) is 0 Å². The van der Waals surface area contributed by atoms with Crippen LogP contribution < -0.4 is 9.47 Å². The van der Waals surface area contributed by atoms with Crippen molar-refractivity contribution in [1.82, 2.24) is 14.8 Å². The molecule has 2 atom stereocenters. The molecule has 0 radical (unpaired) electrons. The zero-order chi connectivity index (χ0) is 40.2. The number of likely N-dealkylation sites (tertiary alicyclic amines) is 2. The van der Waals surface area contributed by atoms with Crippen LogP contribution in [0.15, 0.2) is 48.0 Å². The van der Waals surface area contributed by atoms with Crippen LogP contribution in [-0.2, 0) is 27.4 Å². The van der Waals surface area contributed by atoms with Crippen LogP contribution in [0.25, 0.3) is 0 Å². The summed E-state index contributed by atoms with van der Waals surface area (Å²) in [5, 5.41) is 20.7. The lowest BCUT2D eigenvalue weighted by atomic mass is 9.72. The lowest BCUT2D eigenvalue weighted by Crippen LogP contribution is -2.68. The van der Waals surface area contributed by atoms with Crippen molar-refractivity contribution in [3.05, 3.63) is 75.2 Å². The Labute approximate surface area is 317 Å². The second kappa shape index (κ2) is 16.5. The highest BCUT2D eigenvalue weighted by Gasteiger charge is 2.57. The summed E-state index contributed by atoms with van der Waals surface area (Å²) in [5.74, 6) is -2.58. The highest BCUT2D eigenvalue weighted by atomic mass is 32.1. The van der Waals surface area contributed by atoms with Crippen molar-refractivity contribution >= 4 is 29.1 Å². The first kappa shape index (κ1) is 41.3. The topological polar surface area (TPSA) is 133 Å². The SMILES string of the molecule is CCC[C@H]1N(C(=O)c2ncccc2C(F)(F)F)CCC[C@@]1(Oc1csc(C(F)(F)F)c1)C(=O)N1CCC(C#N)(c2cccc(C)c2OCCCC(=O)O)CC1. The van der Waals surface area contributed by atoms with Crippen molar-refractivity contribution < 1.29 is 55.3 Å². The molecule has 55 heavy (non-hydrogen) atoms. The third-order valence-electron chi connectivity index (χ3n) is 10.1. The number of carbonyl (C=O) groups is 3. The number of aliphatic carboxylic acids is 1. The van der Waals surface area contributed by atoms with E-state index in [0.29, 0.717) is 29.1 Å². The summed E-state index contributed by atoms with van der Waals surface area (Å²) in [6.45, 7) is 3.55. The van der Waals surface area contributed by atoms with Crippen LogP contribution in [0.4, 0.5) is 26.3 Å². The Hall–Kier alpha value is -4.85. The van der Waals surface area contributed by atoms with Crippen molar-refractivity contribution in [2.75, 3.05) is 26.2 Å². The Morgan fingerprint density at radius 1 is 1.05 bits per heavy atom. The van der Waals surface area contributed by atoms with E-state index in [9.17, 15) is 46.0 Å². The fraction of sp³-hybridized carbons (Fsp3) is 0.500. The Morgan fingerprint density at radius 3 is 2.40 bits per heavy atom. The van der Waals surface area contributed by atoms with Crippen LogP contribution >= 0.6 is 11.3 Å². The molecule has 2 saturated heterocycles. The number of carbonyl (C=O) groups excluding carboxylic acids is 2. The van der Waals surface area contributed by atoms with Crippen LogP contribution in [0.5, 0.6) is 11.5 Å². The monoisotopic (exact) mass is 794 g/mol. The Balaban J connectivity index is 1.51. The van der Waals surface area contributed by atoms with Gasteiger partial charge in [0, 0.05) is 55.7 Å². The van der Waals surface area contributed by atoms with Gasteiger partial charge in [0.25, 0.3) is 11.8 Å². The van der Waals surface area contributed by atoms with Gasteiger partial charge >= 0.3 is 18.3 Å². The molecule has 2 aliphatic rings. The Bertz CT molecular complexity index is 1920. The number of pyridine rings is 1. The number of carboxylic acid groups (broad SMARTS) is 1. The fourth-order valence-electron chi connectivity index (χ4n) is 7.49. The van der Waals surface area contributed by atoms with Gasteiger partial charge in [-0.3, -0.25) is 19.4 Å². The van der Waals surface area contributed by atoms with E-state index >= 15 is 0 Å². The Morgan fingerprint density at radius 2 is 1.78 bits per heavy atom. The number of nitrogens with zero attached hydrogens (tertiary/aromatic N) is 4. The average Bonchev–Trinajstić information content (AvgIpc) is 3.63. The van der Waals surface area contributed by atoms with Gasteiger partial charge in [0.2, 0.25) is 5.60 Å². The summed E-state index contributed by atoms with van der Waals surface area (Å²) in [6, 6.07) is 9.04. The molecule has 0 aliphatic carbocycles. The molecule has 1 aromatic carbocycles. The number of amides is 2. The minimum atomic E-state index is -4.93. The quantitative estimate of drug-likeness (QED) is 0.144. The number of rotatable bonds is 12. The predicted molar refractivity (Wildman–Crippen MR) is 188 cm³/mol. The standard InChI is InChI=1S/C38H40F6N4O6S/c1-3-8-28-36(54-25-21-29(55-22-25)38(42,43)44,13-7-17-48(28)33(51)31-26(37(39,40)41)11-5-16-46-31)34(52)47-18-14-35(23-45,15-19-47)27-10-4-9-24(2)32(27)53-20-6-12-30(49)50/h4-5,9-11,16,21-22,28H,3,6-8,12-15,17-20H2,1-2H3,(H,49,50)/t28-,36+/m1/s1. The van der Waals surface area contributed by atoms with Gasteiger partial charge in [-0.05, 0) is 56.7 Å². The number of aryl methyl sites for hydroxylation is 1. The van der Waals surface area contributed by atoms with Gasteiger partial charge in [0.15, 0.2) is 0 Å². The maximum atomic E-state index is 15.0. The molecule has 10 nitrogen and oxygen atoms in total. The smallest absolute Gasteiger partial charge is 0.425 e. The summed E-state index contributed by atoms with van der Waals surface area (Å²) >= 11 is 0.358. The number of hydrogen-bond donors (Lipinski definition) is 1. The first-order chi connectivity index (χ1) is 26.0. The molecule has 0 bridgehead atoms. The van der Waals surface area contributed by atoms with Gasteiger partial charge in [0.1, 0.15) is 22.1 Å². The molecular weight excluding hydrogens is 754 g/mol. The Kier molecular flexibility index (Phi) is 12.4. The molecule has 1 N–H and O–H groups in total. The van der Waals surface area contributed by atoms with Gasteiger partial charge < -0.3 is 24.4 Å². The van der Waals surface area contributed by atoms with E-state index in [4.69, 9.17) is 14.6 Å². The highest BCUT2D eigenvalue weighted by molar-refractivity contribution is 7.10. The van der Waals surface area contributed by atoms with Gasteiger partial charge in [0.05, 0.1) is 29.7 Å². The number of aromatic nitrogens is 1. The highest BCUT2D eigenvalue weighted by Crippen LogP contribution is 2.45. The number of benzene rings is 1. The molecule has 0 spiro atoms. The molecule has 3 aromatic rings. The van der Waals surface area contributed by atoms with Crippen molar-refractivity contribution in [3.8, 4) is 17.6 Å². The zero-order valence-corrected chi connectivity index (χ0v) is 31.0. The molecular formula is C38H40F6N4O6S. The van der Waals surface area contributed by atoms with Crippen molar-refractivity contribution in [2.24, 2.45) is 0 Å². The lowest BCUT2D eigenvalue weighted by molar-refractivity contribution is -0.160. The largest absolute Gasteiger partial charge is 0.493 e. The summed E-state index contributed by atoms with van der Waals surface area (Å²) in [7, 11) is 0. The number of para-hydroxylation sites is 1.